The highest BCUT2D eigenvalue weighted by molar-refractivity contribution is 6.30. The Balaban J connectivity index is 2.47. The molecule has 1 N–H and O–H groups in total. The molecule has 0 aromatic heterocycles. The van der Waals surface area contributed by atoms with Crippen molar-refractivity contribution >= 4 is 29.6 Å². The average molecular weight is 282 g/mol. The summed E-state index contributed by atoms with van der Waals surface area (Å²) in [7, 11) is 1.65. The highest BCUT2D eigenvalue weighted by atomic mass is 35.5. The fraction of sp³-hybridized carbons (Fsp3) is 0.286. The summed E-state index contributed by atoms with van der Waals surface area (Å²) in [5, 5.41) is 9.13. The third kappa shape index (κ3) is 6.06. The lowest BCUT2D eigenvalue weighted by Gasteiger charge is -2.13. The zero-order chi connectivity index (χ0) is 14.3. The average Bonchev–Trinajstić information content (AvgIpc) is 2.35. The summed E-state index contributed by atoms with van der Waals surface area (Å²) in [6, 6.07) is 7.18. The molecule has 1 rings (SSSR count). The van der Waals surface area contributed by atoms with Gasteiger partial charge in [-0.15, -0.1) is 0 Å². The van der Waals surface area contributed by atoms with Crippen molar-refractivity contribution in [2.24, 2.45) is 0 Å². The number of carbonyl (C=O) groups is 2. The minimum Gasteiger partial charge on any atom is -0.481 e. The Kier molecular flexibility index (Phi) is 6.09. The van der Waals surface area contributed by atoms with Crippen LogP contribution in [0.3, 0.4) is 0 Å². The first-order valence-electron chi connectivity index (χ1n) is 5.89. The predicted octanol–water partition coefficient (Wildman–Crippen LogP) is 2.68. The van der Waals surface area contributed by atoms with E-state index in [4.69, 9.17) is 16.7 Å². The molecule has 0 atom stereocenters. The smallest absolute Gasteiger partial charge is 0.303 e. The first kappa shape index (κ1) is 15.2. The molecule has 0 aliphatic heterocycles. The van der Waals surface area contributed by atoms with E-state index in [1.807, 2.05) is 12.1 Å². The van der Waals surface area contributed by atoms with Crippen molar-refractivity contribution in [1.82, 2.24) is 4.90 Å². The SMILES string of the molecule is CN(CCCC(=O)O)C(=O)/C=C/c1cccc(Cl)c1. The lowest BCUT2D eigenvalue weighted by molar-refractivity contribution is -0.137. The minimum absolute atomic E-state index is 0.0651. The van der Waals surface area contributed by atoms with Crippen LogP contribution in [0.5, 0.6) is 0 Å². The number of benzene rings is 1. The number of amides is 1. The Hall–Kier alpha value is -1.81. The highest BCUT2D eigenvalue weighted by Gasteiger charge is 2.05. The highest BCUT2D eigenvalue weighted by Crippen LogP contribution is 2.11. The normalized spacial score (nSPS) is 10.6. The predicted molar refractivity (Wildman–Crippen MR) is 75.0 cm³/mol. The number of rotatable bonds is 6. The van der Waals surface area contributed by atoms with Crippen molar-refractivity contribution in [2.45, 2.75) is 12.8 Å². The first-order valence-corrected chi connectivity index (χ1v) is 6.27. The Labute approximate surface area is 117 Å². The second-order valence-electron chi connectivity index (χ2n) is 4.15. The molecule has 0 unspecified atom stereocenters. The van der Waals surface area contributed by atoms with Gasteiger partial charge in [-0.3, -0.25) is 9.59 Å². The van der Waals surface area contributed by atoms with E-state index in [0.29, 0.717) is 18.0 Å². The molecule has 0 spiro atoms. The van der Waals surface area contributed by atoms with Crippen molar-refractivity contribution in [1.29, 1.82) is 0 Å². The summed E-state index contributed by atoms with van der Waals surface area (Å²) in [6.45, 7) is 0.422. The van der Waals surface area contributed by atoms with Gasteiger partial charge >= 0.3 is 5.97 Å². The molecule has 0 bridgehead atoms. The van der Waals surface area contributed by atoms with Gasteiger partial charge in [0.1, 0.15) is 0 Å². The molecule has 0 saturated carbocycles. The molecule has 0 radical (unpaired) electrons. The van der Waals surface area contributed by atoms with Crippen LogP contribution >= 0.6 is 11.6 Å². The number of nitrogens with zero attached hydrogens (tertiary/aromatic N) is 1. The van der Waals surface area contributed by atoms with E-state index in [0.717, 1.165) is 5.56 Å². The zero-order valence-electron chi connectivity index (χ0n) is 10.7. The standard InChI is InChI=1S/C14H16ClNO3/c1-16(9-3-6-14(18)19)13(17)8-7-11-4-2-5-12(15)10-11/h2,4-5,7-8,10H,3,6,9H2,1H3,(H,18,19)/b8-7+. The minimum atomic E-state index is -0.852. The maximum absolute atomic E-state index is 11.7. The molecule has 1 aromatic carbocycles. The van der Waals surface area contributed by atoms with Crippen LogP contribution in [-0.4, -0.2) is 35.5 Å². The summed E-state index contributed by atoms with van der Waals surface area (Å²) in [4.78, 5) is 23.6. The number of hydrogen-bond acceptors (Lipinski definition) is 2. The van der Waals surface area contributed by atoms with Crippen molar-refractivity contribution in [3.05, 3.63) is 40.9 Å². The summed E-state index contributed by atoms with van der Waals surface area (Å²) < 4.78 is 0. The Bertz CT molecular complexity index is 485. The number of likely N-dealkylation sites (N-methyl/N-ethyl adjacent to an activating group) is 1. The van der Waals surface area contributed by atoms with Gasteiger partial charge in [-0.25, -0.2) is 0 Å². The van der Waals surface area contributed by atoms with Crippen LogP contribution in [0.2, 0.25) is 5.02 Å². The number of carboxylic acid groups (broad SMARTS) is 1. The number of carbonyl (C=O) groups excluding carboxylic acids is 1. The van der Waals surface area contributed by atoms with E-state index in [2.05, 4.69) is 0 Å². The van der Waals surface area contributed by atoms with Gasteiger partial charge in [0.25, 0.3) is 0 Å². The molecule has 1 aromatic rings. The summed E-state index contributed by atoms with van der Waals surface area (Å²) in [5.41, 5.74) is 0.847. The van der Waals surface area contributed by atoms with Crippen LogP contribution in [0.25, 0.3) is 6.08 Å². The fourth-order valence-electron chi connectivity index (χ4n) is 1.48. The number of hydrogen-bond donors (Lipinski definition) is 1. The summed E-state index contributed by atoms with van der Waals surface area (Å²) >= 11 is 5.84. The van der Waals surface area contributed by atoms with Crippen LogP contribution in [0.1, 0.15) is 18.4 Å². The largest absolute Gasteiger partial charge is 0.481 e. The molecule has 0 saturated heterocycles. The van der Waals surface area contributed by atoms with Gasteiger partial charge in [0.05, 0.1) is 0 Å². The summed E-state index contributed by atoms with van der Waals surface area (Å²) in [6.07, 6.45) is 3.65. The van der Waals surface area contributed by atoms with Crippen LogP contribution in [0, 0.1) is 0 Å². The second kappa shape index (κ2) is 7.59. The lowest BCUT2D eigenvalue weighted by atomic mass is 10.2. The third-order valence-electron chi connectivity index (χ3n) is 2.53. The van der Waals surface area contributed by atoms with Crippen LogP contribution < -0.4 is 0 Å². The van der Waals surface area contributed by atoms with E-state index in [1.165, 1.54) is 11.0 Å². The van der Waals surface area contributed by atoms with E-state index in [9.17, 15) is 9.59 Å². The molecule has 1 amide bonds. The summed E-state index contributed by atoms with van der Waals surface area (Å²) in [5.74, 6) is -1.01. The zero-order valence-corrected chi connectivity index (χ0v) is 11.4. The van der Waals surface area contributed by atoms with Gasteiger partial charge in [0.15, 0.2) is 0 Å². The van der Waals surface area contributed by atoms with Gasteiger partial charge in [0, 0.05) is 31.1 Å². The monoisotopic (exact) mass is 281 g/mol. The van der Waals surface area contributed by atoms with E-state index >= 15 is 0 Å². The Morgan fingerprint density at radius 1 is 1.42 bits per heavy atom. The maximum atomic E-state index is 11.7. The molecule has 0 aliphatic carbocycles. The topological polar surface area (TPSA) is 57.6 Å². The van der Waals surface area contributed by atoms with Crippen LogP contribution in [0.4, 0.5) is 0 Å². The molecule has 5 heteroatoms. The van der Waals surface area contributed by atoms with E-state index in [-0.39, 0.29) is 12.3 Å². The molecule has 4 nitrogen and oxygen atoms in total. The number of halogens is 1. The molecule has 102 valence electrons. The fourth-order valence-corrected chi connectivity index (χ4v) is 1.68. The molecule has 0 fully saturated rings. The lowest BCUT2D eigenvalue weighted by Crippen LogP contribution is -2.26. The first-order chi connectivity index (χ1) is 8.99. The molecular weight excluding hydrogens is 266 g/mol. The third-order valence-corrected chi connectivity index (χ3v) is 2.76. The van der Waals surface area contributed by atoms with E-state index < -0.39 is 5.97 Å². The Morgan fingerprint density at radius 2 is 2.16 bits per heavy atom. The Morgan fingerprint density at radius 3 is 2.79 bits per heavy atom. The van der Waals surface area contributed by atoms with Crippen molar-refractivity contribution < 1.29 is 14.7 Å². The number of aliphatic carboxylic acids is 1. The maximum Gasteiger partial charge on any atom is 0.303 e. The van der Waals surface area contributed by atoms with Gasteiger partial charge in [-0.2, -0.15) is 0 Å². The van der Waals surface area contributed by atoms with Gasteiger partial charge in [0.2, 0.25) is 5.91 Å². The van der Waals surface area contributed by atoms with Crippen molar-refractivity contribution in [3.8, 4) is 0 Å². The van der Waals surface area contributed by atoms with Crippen LogP contribution in [0.15, 0.2) is 30.3 Å². The van der Waals surface area contributed by atoms with Crippen LogP contribution in [-0.2, 0) is 9.59 Å². The van der Waals surface area contributed by atoms with E-state index in [1.54, 1.807) is 25.3 Å². The molecular formula is C14H16ClNO3. The quantitative estimate of drug-likeness (QED) is 0.816. The molecule has 0 heterocycles. The molecule has 0 aliphatic rings. The van der Waals surface area contributed by atoms with Gasteiger partial charge < -0.3 is 10.0 Å². The van der Waals surface area contributed by atoms with Gasteiger partial charge in [-0.1, -0.05) is 23.7 Å². The van der Waals surface area contributed by atoms with Crippen molar-refractivity contribution in [3.63, 3.8) is 0 Å². The van der Waals surface area contributed by atoms with Gasteiger partial charge in [-0.05, 0) is 30.2 Å². The van der Waals surface area contributed by atoms with Crippen molar-refractivity contribution in [2.75, 3.05) is 13.6 Å². The number of carboxylic acids is 1. The second-order valence-corrected chi connectivity index (χ2v) is 4.58. The molecule has 19 heavy (non-hydrogen) atoms.